The van der Waals surface area contributed by atoms with Crippen molar-refractivity contribution in [3.63, 3.8) is 0 Å². The molecule has 43 heavy (non-hydrogen) atoms. The molecule has 0 radical (unpaired) electrons. The Kier molecular flexibility index (Phi) is 11.5. The van der Waals surface area contributed by atoms with Gasteiger partial charge in [0.25, 0.3) is 0 Å². The topological polar surface area (TPSA) is 46.2 Å². The van der Waals surface area contributed by atoms with E-state index in [1.165, 1.54) is 20.7 Å². The highest BCUT2D eigenvalue weighted by Gasteiger charge is 2.29. The van der Waals surface area contributed by atoms with E-state index in [1.54, 1.807) is 0 Å². The summed E-state index contributed by atoms with van der Waals surface area (Å²) in [6.07, 6.45) is 0. The fourth-order valence-corrected chi connectivity index (χ4v) is 12.8. The molecule has 4 aromatic rings. The van der Waals surface area contributed by atoms with E-state index in [2.05, 4.69) is 100 Å². The van der Waals surface area contributed by atoms with Crippen LogP contribution in [-0.2, 0) is 4.12 Å². The first-order valence-corrected chi connectivity index (χ1v) is 18.6. The molecule has 0 amide bonds. The maximum Gasteiger partial charge on any atom is 0.229 e. The number of benzene rings is 4. The Morgan fingerprint density at radius 3 is 0.814 bits per heavy atom. The van der Waals surface area contributed by atoms with Crippen molar-refractivity contribution in [2.45, 2.75) is 55.4 Å². The number of ether oxygens (including phenoxy) is 4. The number of hydrogen-bond donors (Lipinski definition) is 0. The summed E-state index contributed by atoms with van der Waals surface area (Å²) in [6.45, 7) is 19.0. The molecule has 0 aliphatic rings. The molecule has 0 unspecified atom stereocenters. The van der Waals surface area contributed by atoms with Gasteiger partial charge in [0.1, 0.15) is 23.0 Å². The Labute approximate surface area is 261 Å². The van der Waals surface area contributed by atoms with Crippen LogP contribution in [0.2, 0.25) is 0 Å². The van der Waals surface area contributed by atoms with Crippen LogP contribution in [0.5, 0.6) is 23.0 Å². The molecule has 0 spiro atoms. The standard InChI is InChI=1S/C36H46O5Si2/c1-9-37-29-13-25(5)17-33(21-29)42(34-18-26(6)14-30(22-34)38-10-2)41-43(35-19-27(7)15-31(23-35)39-11-3)36-20-28(8)16-32(24-36)40-12-4/h13-24,42-43H,9-12H2,1-8H3. The van der Waals surface area contributed by atoms with Crippen LogP contribution in [0, 0.1) is 27.7 Å². The second kappa shape index (κ2) is 15.3. The summed E-state index contributed by atoms with van der Waals surface area (Å²) in [5.74, 6) is 3.49. The number of aryl methyl sites for hydroxylation is 4. The lowest BCUT2D eigenvalue weighted by Crippen LogP contribution is -2.56. The molecule has 0 fully saturated rings. The zero-order valence-corrected chi connectivity index (χ0v) is 29.3. The Balaban J connectivity index is 1.95. The van der Waals surface area contributed by atoms with Crippen molar-refractivity contribution < 1.29 is 23.1 Å². The zero-order chi connectivity index (χ0) is 30.9. The van der Waals surface area contributed by atoms with Crippen LogP contribution in [-0.4, -0.2) is 44.5 Å². The Hall–Kier alpha value is -3.53. The van der Waals surface area contributed by atoms with Crippen molar-refractivity contribution in [3.8, 4) is 23.0 Å². The third kappa shape index (κ3) is 8.75. The molecule has 0 heterocycles. The van der Waals surface area contributed by atoms with Gasteiger partial charge in [-0.05, 0) is 147 Å². The summed E-state index contributed by atoms with van der Waals surface area (Å²) in [5, 5.41) is 4.74. The molecule has 0 saturated carbocycles. The molecule has 7 heteroatoms. The quantitative estimate of drug-likeness (QED) is 0.189. The average Bonchev–Trinajstić information content (AvgIpc) is 2.93. The maximum atomic E-state index is 7.60. The summed E-state index contributed by atoms with van der Waals surface area (Å²) in [6, 6.07) is 26.1. The van der Waals surface area contributed by atoms with Crippen LogP contribution >= 0.6 is 0 Å². The van der Waals surface area contributed by atoms with Crippen LogP contribution in [0.15, 0.2) is 72.8 Å². The number of hydrogen-bond acceptors (Lipinski definition) is 5. The van der Waals surface area contributed by atoms with Gasteiger partial charge in [-0.3, -0.25) is 0 Å². The van der Waals surface area contributed by atoms with Crippen LogP contribution in [0.25, 0.3) is 0 Å². The van der Waals surface area contributed by atoms with E-state index < -0.39 is 18.1 Å². The Bertz CT molecular complexity index is 1300. The van der Waals surface area contributed by atoms with E-state index in [1.807, 2.05) is 27.7 Å². The number of rotatable bonds is 14. The Morgan fingerprint density at radius 1 is 0.372 bits per heavy atom. The van der Waals surface area contributed by atoms with Crippen LogP contribution < -0.4 is 39.7 Å². The van der Waals surface area contributed by atoms with Crippen molar-refractivity contribution >= 4 is 38.8 Å². The molecule has 0 bridgehead atoms. The predicted octanol–water partition coefficient (Wildman–Crippen LogP) is 4.91. The summed E-state index contributed by atoms with van der Waals surface area (Å²) >= 11 is 0. The fraction of sp³-hybridized carbons (Fsp3) is 0.333. The van der Waals surface area contributed by atoms with E-state index in [4.69, 9.17) is 23.1 Å². The van der Waals surface area contributed by atoms with Crippen molar-refractivity contribution in [3.05, 3.63) is 95.1 Å². The molecule has 228 valence electrons. The molecule has 0 atom stereocenters. The first kappa shape index (κ1) is 32.4. The van der Waals surface area contributed by atoms with Gasteiger partial charge in [0.15, 0.2) is 0 Å². The fourth-order valence-electron chi connectivity index (χ4n) is 5.55. The third-order valence-corrected chi connectivity index (χ3v) is 13.0. The lowest BCUT2D eigenvalue weighted by atomic mass is 10.2. The van der Waals surface area contributed by atoms with E-state index in [9.17, 15) is 0 Å². The van der Waals surface area contributed by atoms with E-state index >= 15 is 0 Å². The molecule has 4 rings (SSSR count). The van der Waals surface area contributed by atoms with Crippen LogP contribution in [0.3, 0.4) is 0 Å². The van der Waals surface area contributed by atoms with Gasteiger partial charge in [-0.2, -0.15) is 0 Å². The normalized spacial score (nSPS) is 11.2. The highest BCUT2D eigenvalue weighted by Crippen LogP contribution is 2.19. The molecule has 5 nitrogen and oxygen atoms in total. The highest BCUT2D eigenvalue weighted by molar-refractivity contribution is 6.92. The van der Waals surface area contributed by atoms with Gasteiger partial charge in [-0.25, -0.2) is 0 Å². The predicted molar refractivity (Wildman–Crippen MR) is 183 cm³/mol. The smallest absolute Gasteiger partial charge is 0.229 e. The Morgan fingerprint density at radius 2 is 0.605 bits per heavy atom. The highest BCUT2D eigenvalue weighted by atomic mass is 28.4. The first-order chi connectivity index (χ1) is 20.7. The molecule has 0 aromatic heterocycles. The monoisotopic (exact) mass is 614 g/mol. The maximum absolute atomic E-state index is 7.60. The summed E-state index contributed by atoms with van der Waals surface area (Å²) < 4.78 is 31.6. The van der Waals surface area contributed by atoms with Crippen LogP contribution in [0.4, 0.5) is 0 Å². The summed E-state index contributed by atoms with van der Waals surface area (Å²) in [5.41, 5.74) is 4.62. The second-order valence-electron chi connectivity index (χ2n) is 10.9. The van der Waals surface area contributed by atoms with Gasteiger partial charge >= 0.3 is 0 Å². The second-order valence-corrected chi connectivity index (χ2v) is 16.2. The lowest BCUT2D eigenvalue weighted by Gasteiger charge is -2.27. The summed E-state index contributed by atoms with van der Waals surface area (Å²) in [7, 11) is -4.57. The molecule has 0 aliphatic carbocycles. The van der Waals surface area contributed by atoms with Gasteiger partial charge in [0, 0.05) is 0 Å². The minimum absolute atomic E-state index is 0.610. The molecule has 0 N–H and O–H groups in total. The van der Waals surface area contributed by atoms with Crippen LogP contribution in [0.1, 0.15) is 49.9 Å². The average molecular weight is 615 g/mol. The van der Waals surface area contributed by atoms with Gasteiger partial charge in [-0.1, -0.05) is 24.3 Å². The lowest BCUT2D eigenvalue weighted by molar-refractivity contribution is 0.340. The van der Waals surface area contributed by atoms with Gasteiger partial charge in [-0.15, -0.1) is 0 Å². The summed E-state index contributed by atoms with van der Waals surface area (Å²) in [4.78, 5) is 0. The van der Waals surface area contributed by atoms with Gasteiger partial charge in [0.05, 0.1) is 26.4 Å². The van der Waals surface area contributed by atoms with Crippen molar-refractivity contribution in [2.75, 3.05) is 26.4 Å². The molecule has 0 aliphatic heterocycles. The van der Waals surface area contributed by atoms with E-state index in [0.29, 0.717) is 26.4 Å². The zero-order valence-electron chi connectivity index (χ0n) is 27.0. The molecular weight excluding hydrogens is 569 g/mol. The largest absolute Gasteiger partial charge is 0.494 e. The van der Waals surface area contributed by atoms with E-state index in [-0.39, 0.29) is 0 Å². The minimum Gasteiger partial charge on any atom is -0.494 e. The van der Waals surface area contributed by atoms with Gasteiger partial charge in [0.2, 0.25) is 18.1 Å². The first-order valence-electron chi connectivity index (χ1n) is 15.4. The third-order valence-electron chi connectivity index (χ3n) is 7.02. The molecule has 4 aromatic carbocycles. The SMILES string of the molecule is CCOc1cc(C)cc([SiH](O[SiH](c2cc(C)cc(OCC)c2)c2cc(C)cc(OCC)c2)c2cc(C)cc(OCC)c2)c1. The van der Waals surface area contributed by atoms with E-state index in [0.717, 1.165) is 45.3 Å². The van der Waals surface area contributed by atoms with Crippen molar-refractivity contribution in [1.82, 2.24) is 0 Å². The molecule has 0 saturated heterocycles. The minimum atomic E-state index is -2.29. The van der Waals surface area contributed by atoms with Crippen molar-refractivity contribution in [1.29, 1.82) is 0 Å². The van der Waals surface area contributed by atoms with Crippen molar-refractivity contribution in [2.24, 2.45) is 0 Å². The van der Waals surface area contributed by atoms with Gasteiger partial charge < -0.3 is 23.1 Å². The molecular formula is C36H46O5Si2.